The van der Waals surface area contributed by atoms with Crippen LogP contribution in [0.4, 0.5) is 5.69 Å². The maximum absolute atomic E-state index is 11.0. The Morgan fingerprint density at radius 1 is 1.39 bits per heavy atom. The van der Waals surface area contributed by atoms with Gasteiger partial charge in [0.05, 0.1) is 9.40 Å². The van der Waals surface area contributed by atoms with E-state index < -0.39 is 4.92 Å². The highest BCUT2D eigenvalue weighted by atomic mass is 79.9. The van der Waals surface area contributed by atoms with Gasteiger partial charge in [0, 0.05) is 6.20 Å². The van der Waals surface area contributed by atoms with E-state index in [0.29, 0.717) is 17.2 Å². The van der Waals surface area contributed by atoms with E-state index >= 15 is 0 Å². The molecule has 0 radical (unpaired) electrons. The van der Waals surface area contributed by atoms with Crippen LogP contribution in [-0.4, -0.2) is 19.7 Å². The van der Waals surface area contributed by atoms with Crippen LogP contribution in [0.3, 0.4) is 0 Å². The minimum absolute atomic E-state index is 0.0326. The third kappa shape index (κ3) is 1.90. The Kier molecular flexibility index (Phi) is 3.16. The molecule has 6 nitrogen and oxygen atoms in total. The van der Waals surface area contributed by atoms with Gasteiger partial charge in [-0.1, -0.05) is 0 Å². The molecule has 0 amide bonds. The zero-order valence-corrected chi connectivity index (χ0v) is 11.7. The van der Waals surface area contributed by atoms with Crippen molar-refractivity contribution in [3.05, 3.63) is 43.8 Å². The molecule has 0 aromatic carbocycles. The fraction of sp³-hybridized carbons (Fsp3) is 0.273. The van der Waals surface area contributed by atoms with Crippen LogP contribution in [0, 0.1) is 30.9 Å². The van der Waals surface area contributed by atoms with Crippen molar-refractivity contribution in [2.45, 2.75) is 20.8 Å². The Morgan fingerprint density at radius 2 is 2.06 bits per heavy atom. The summed E-state index contributed by atoms with van der Waals surface area (Å²) in [5, 5.41) is 15.1. The Labute approximate surface area is 112 Å². The van der Waals surface area contributed by atoms with Gasteiger partial charge < -0.3 is 0 Å². The van der Waals surface area contributed by atoms with E-state index in [9.17, 15) is 10.1 Å². The molecular formula is C11H11BrN4O2. The van der Waals surface area contributed by atoms with E-state index in [-0.39, 0.29) is 5.69 Å². The van der Waals surface area contributed by atoms with Gasteiger partial charge in [0.2, 0.25) is 0 Å². The zero-order valence-electron chi connectivity index (χ0n) is 10.1. The molecule has 94 valence electrons. The average Bonchev–Trinajstić information content (AvgIpc) is 2.58. The van der Waals surface area contributed by atoms with Gasteiger partial charge in [0.25, 0.3) is 0 Å². The van der Waals surface area contributed by atoms with E-state index in [1.54, 1.807) is 20.0 Å². The van der Waals surface area contributed by atoms with E-state index in [4.69, 9.17) is 0 Å². The van der Waals surface area contributed by atoms with Crippen molar-refractivity contribution >= 4 is 21.6 Å². The number of nitrogens with zero attached hydrogens (tertiary/aromatic N) is 4. The van der Waals surface area contributed by atoms with Gasteiger partial charge >= 0.3 is 5.69 Å². The Bertz CT molecular complexity index is 636. The van der Waals surface area contributed by atoms with Crippen LogP contribution >= 0.6 is 15.9 Å². The molecule has 0 saturated carbocycles. The smallest absolute Gasteiger partial charge is 0.258 e. The second kappa shape index (κ2) is 4.49. The van der Waals surface area contributed by atoms with Crippen molar-refractivity contribution in [2.75, 3.05) is 0 Å². The predicted octanol–water partition coefficient (Wildman–Crippen LogP) is 2.86. The largest absolute Gasteiger partial charge is 0.313 e. The number of hydrogen-bond acceptors (Lipinski definition) is 4. The average molecular weight is 311 g/mol. The van der Waals surface area contributed by atoms with Gasteiger partial charge in [-0.15, -0.1) is 0 Å². The van der Waals surface area contributed by atoms with Crippen LogP contribution in [-0.2, 0) is 0 Å². The van der Waals surface area contributed by atoms with Crippen molar-refractivity contribution in [1.29, 1.82) is 0 Å². The Hall–Kier alpha value is -1.76. The fourth-order valence-electron chi connectivity index (χ4n) is 1.78. The molecule has 2 rings (SSSR count). The normalized spacial score (nSPS) is 10.7. The van der Waals surface area contributed by atoms with Crippen LogP contribution in [0.1, 0.15) is 17.0 Å². The second-order valence-corrected chi connectivity index (χ2v) is 4.75. The van der Waals surface area contributed by atoms with E-state index in [1.807, 2.05) is 13.0 Å². The first-order chi connectivity index (χ1) is 8.43. The van der Waals surface area contributed by atoms with Crippen LogP contribution in [0.25, 0.3) is 5.82 Å². The molecule has 0 N–H and O–H groups in total. The SMILES string of the molecule is Cc1ccnc(-n2nc(C)c([N+](=O)[O-])c2C)c1Br. The van der Waals surface area contributed by atoms with Gasteiger partial charge in [-0.25, -0.2) is 9.67 Å². The molecule has 0 saturated heterocycles. The summed E-state index contributed by atoms with van der Waals surface area (Å²) < 4.78 is 2.27. The molecule has 0 bridgehead atoms. The summed E-state index contributed by atoms with van der Waals surface area (Å²) in [6.07, 6.45) is 1.65. The minimum atomic E-state index is -0.419. The molecule has 18 heavy (non-hydrogen) atoms. The van der Waals surface area contributed by atoms with Crippen molar-refractivity contribution in [3.8, 4) is 5.82 Å². The summed E-state index contributed by atoms with van der Waals surface area (Å²) >= 11 is 3.43. The first kappa shape index (κ1) is 12.7. The summed E-state index contributed by atoms with van der Waals surface area (Å²) in [5.41, 5.74) is 1.88. The number of rotatable bonds is 2. The molecule has 0 aliphatic carbocycles. The van der Waals surface area contributed by atoms with E-state index in [0.717, 1.165) is 10.0 Å². The second-order valence-electron chi connectivity index (χ2n) is 3.95. The van der Waals surface area contributed by atoms with Crippen molar-refractivity contribution < 1.29 is 4.92 Å². The lowest BCUT2D eigenvalue weighted by molar-refractivity contribution is -0.386. The predicted molar refractivity (Wildman–Crippen MR) is 69.9 cm³/mol. The zero-order chi connectivity index (χ0) is 13.4. The molecule has 0 unspecified atom stereocenters. The molecule has 7 heteroatoms. The maximum Gasteiger partial charge on any atom is 0.313 e. The molecule has 0 aliphatic heterocycles. The van der Waals surface area contributed by atoms with Crippen molar-refractivity contribution in [1.82, 2.24) is 14.8 Å². The fourth-order valence-corrected chi connectivity index (χ4v) is 2.18. The van der Waals surface area contributed by atoms with Gasteiger partial charge in [-0.05, 0) is 48.3 Å². The first-order valence-electron chi connectivity index (χ1n) is 5.25. The topological polar surface area (TPSA) is 73.8 Å². The Balaban J connectivity index is 2.69. The quantitative estimate of drug-likeness (QED) is 0.631. The molecule has 0 aliphatic rings. The number of nitro groups is 1. The number of pyridine rings is 1. The van der Waals surface area contributed by atoms with E-state index in [2.05, 4.69) is 26.0 Å². The lowest BCUT2D eigenvalue weighted by Gasteiger charge is -2.06. The minimum Gasteiger partial charge on any atom is -0.258 e. The number of aryl methyl sites for hydroxylation is 2. The van der Waals surface area contributed by atoms with Crippen LogP contribution in [0.2, 0.25) is 0 Å². The first-order valence-corrected chi connectivity index (χ1v) is 6.05. The highest BCUT2D eigenvalue weighted by molar-refractivity contribution is 9.10. The van der Waals surface area contributed by atoms with Crippen LogP contribution < -0.4 is 0 Å². The van der Waals surface area contributed by atoms with Crippen LogP contribution in [0.15, 0.2) is 16.7 Å². The summed E-state index contributed by atoms with van der Waals surface area (Å²) in [7, 11) is 0. The van der Waals surface area contributed by atoms with Crippen molar-refractivity contribution in [2.24, 2.45) is 0 Å². The Morgan fingerprint density at radius 3 is 2.61 bits per heavy atom. The number of hydrogen-bond donors (Lipinski definition) is 0. The lowest BCUT2D eigenvalue weighted by atomic mass is 10.3. The van der Waals surface area contributed by atoms with Gasteiger partial charge in [-0.3, -0.25) is 10.1 Å². The summed E-state index contributed by atoms with van der Waals surface area (Å²) in [6, 6.07) is 1.85. The molecule has 0 atom stereocenters. The summed E-state index contributed by atoms with van der Waals surface area (Å²) in [4.78, 5) is 14.8. The lowest BCUT2D eigenvalue weighted by Crippen LogP contribution is -2.04. The standard InChI is InChI=1S/C11H11BrN4O2/c1-6-4-5-13-11(9(6)12)15-8(3)10(16(17)18)7(2)14-15/h4-5H,1-3H3. The molecule has 2 heterocycles. The number of halogens is 1. The van der Waals surface area contributed by atoms with E-state index in [1.165, 1.54) is 4.68 Å². The van der Waals surface area contributed by atoms with Crippen LogP contribution in [0.5, 0.6) is 0 Å². The maximum atomic E-state index is 11.0. The molecule has 0 spiro atoms. The highest BCUT2D eigenvalue weighted by Crippen LogP contribution is 2.28. The summed E-state index contributed by atoms with van der Waals surface area (Å²) in [5.74, 6) is 0.559. The molecule has 2 aromatic rings. The number of aromatic nitrogens is 3. The highest BCUT2D eigenvalue weighted by Gasteiger charge is 2.24. The van der Waals surface area contributed by atoms with Gasteiger partial charge in [0.1, 0.15) is 11.4 Å². The summed E-state index contributed by atoms with van der Waals surface area (Å²) in [6.45, 7) is 5.20. The molecule has 2 aromatic heterocycles. The van der Waals surface area contributed by atoms with Gasteiger partial charge in [-0.2, -0.15) is 5.10 Å². The van der Waals surface area contributed by atoms with Crippen molar-refractivity contribution in [3.63, 3.8) is 0 Å². The monoisotopic (exact) mass is 310 g/mol. The third-order valence-corrected chi connectivity index (χ3v) is 3.68. The molecular weight excluding hydrogens is 300 g/mol. The molecule has 0 fully saturated rings. The third-order valence-electron chi connectivity index (χ3n) is 2.70. The van der Waals surface area contributed by atoms with Gasteiger partial charge in [0.15, 0.2) is 5.82 Å².